The maximum atomic E-state index is 11.9. The molecule has 1 N–H and O–H groups in total. The Hall–Kier alpha value is -1.30. The lowest BCUT2D eigenvalue weighted by Crippen LogP contribution is -2.54. The summed E-state index contributed by atoms with van der Waals surface area (Å²) in [5.41, 5.74) is 1.02. The number of hydrogen-bond donors (Lipinski definition) is 1. The van der Waals surface area contributed by atoms with Crippen molar-refractivity contribution in [1.82, 2.24) is 15.2 Å². The minimum absolute atomic E-state index is 0.109. The van der Waals surface area contributed by atoms with E-state index in [1.165, 1.54) is 0 Å². The average Bonchev–Trinajstić information content (AvgIpc) is 2.51. The fourth-order valence-electron chi connectivity index (χ4n) is 3.11. The van der Waals surface area contributed by atoms with Gasteiger partial charge in [-0.1, -0.05) is 0 Å². The van der Waals surface area contributed by atoms with Gasteiger partial charge in [0.1, 0.15) is 5.82 Å². The summed E-state index contributed by atoms with van der Waals surface area (Å²) < 4.78 is 1.05. The van der Waals surface area contributed by atoms with E-state index in [0.717, 1.165) is 61.4 Å². The maximum Gasteiger partial charge on any atom is 0.317 e. The summed E-state index contributed by atoms with van der Waals surface area (Å²) in [5, 5.41) is 2.94. The largest absolute Gasteiger partial charge is 0.356 e. The smallest absolute Gasteiger partial charge is 0.317 e. The van der Waals surface area contributed by atoms with E-state index in [2.05, 4.69) is 43.3 Å². The number of carbonyl (C=O) groups excluding carboxylic acids is 1. The zero-order chi connectivity index (χ0) is 14.8. The number of hydrogen-bond acceptors (Lipinski definition) is 3. The Labute approximate surface area is 133 Å². The zero-order valence-electron chi connectivity index (χ0n) is 12.3. The first-order valence-electron chi connectivity index (χ1n) is 7.58. The summed E-state index contributed by atoms with van der Waals surface area (Å²) in [6.07, 6.45) is 3.09. The van der Waals surface area contributed by atoms with Crippen molar-refractivity contribution in [2.24, 2.45) is 0 Å². The van der Waals surface area contributed by atoms with Crippen LogP contribution in [0.2, 0.25) is 0 Å². The normalized spacial score (nSPS) is 20.6. The SMILES string of the molecule is Cc1nc(N2CCC(N3CCCNC3=O)CC2)ccc1Br. The highest BCUT2D eigenvalue weighted by atomic mass is 79.9. The Balaban J connectivity index is 1.62. The molecule has 114 valence electrons. The molecule has 0 aliphatic carbocycles. The lowest BCUT2D eigenvalue weighted by Gasteiger charge is -2.40. The summed E-state index contributed by atoms with van der Waals surface area (Å²) in [7, 11) is 0. The van der Waals surface area contributed by atoms with Crippen LogP contribution in [0, 0.1) is 6.92 Å². The van der Waals surface area contributed by atoms with Crippen LogP contribution < -0.4 is 10.2 Å². The van der Waals surface area contributed by atoms with Gasteiger partial charge in [-0.3, -0.25) is 0 Å². The van der Waals surface area contributed by atoms with Crippen molar-refractivity contribution in [2.45, 2.75) is 32.2 Å². The van der Waals surface area contributed by atoms with E-state index in [-0.39, 0.29) is 6.03 Å². The fourth-order valence-corrected chi connectivity index (χ4v) is 3.33. The van der Waals surface area contributed by atoms with Gasteiger partial charge in [0.25, 0.3) is 0 Å². The van der Waals surface area contributed by atoms with Crippen molar-refractivity contribution in [3.05, 3.63) is 22.3 Å². The van der Waals surface area contributed by atoms with Crippen molar-refractivity contribution in [1.29, 1.82) is 0 Å². The van der Waals surface area contributed by atoms with Crippen molar-refractivity contribution in [3.8, 4) is 0 Å². The molecule has 0 spiro atoms. The lowest BCUT2D eigenvalue weighted by atomic mass is 10.0. The van der Waals surface area contributed by atoms with E-state index >= 15 is 0 Å². The first kappa shape index (κ1) is 14.6. The van der Waals surface area contributed by atoms with Crippen molar-refractivity contribution in [2.75, 3.05) is 31.1 Å². The third-order valence-corrected chi connectivity index (χ3v) is 5.19. The third-order valence-electron chi connectivity index (χ3n) is 4.35. The Morgan fingerprint density at radius 3 is 2.71 bits per heavy atom. The van der Waals surface area contributed by atoms with Gasteiger partial charge in [0, 0.05) is 36.7 Å². The van der Waals surface area contributed by atoms with Gasteiger partial charge in [-0.25, -0.2) is 9.78 Å². The zero-order valence-corrected chi connectivity index (χ0v) is 13.9. The highest BCUT2D eigenvalue weighted by molar-refractivity contribution is 9.10. The molecule has 2 saturated heterocycles. The minimum Gasteiger partial charge on any atom is -0.356 e. The minimum atomic E-state index is 0.109. The number of rotatable bonds is 2. The van der Waals surface area contributed by atoms with Crippen LogP contribution in [-0.2, 0) is 0 Å². The molecule has 2 amide bonds. The molecule has 0 unspecified atom stereocenters. The third kappa shape index (κ3) is 3.15. The molecule has 2 aliphatic heterocycles. The average molecular weight is 353 g/mol. The number of aryl methyl sites for hydroxylation is 1. The Morgan fingerprint density at radius 2 is 2.05 bits per heavy atom. The van der Waals surface area contributed by atoms with Crippen LogP contribution in [0.4, 0.5) is 10.6 Å². The number of pyridine rings is 1. The van der Waals surface area contributed by atoms with Crippen LogP contribution in [-0.4, -0.2) is 48.1 Å². The molecule has 3 rings (SSSR count). The Bertz CT molecular complexity index is 528. The molecule has 3 heterocycles. The summed E-state index contributed by atoms with van der Waals surface area (Å²) in [6.45, 7) is 5.64. The van der Waals surface area contributed by atoms with E-state index in [4.69, 9.17) is 0 Å². The molecule has 1 aromatic rings. The van der Waals surface area contributed by atoms with Gasteiger partial charge in [0.15, 0.2) is 0 Å². The molecular formula is C15H21BrN4O. The van der Waals surface area contributed by atoms with Crippen LogP contribution in [0.25, 0.3) is 0 Å². The Morgan fingerprint density at radius 1 is 1.29 bits per heavy atom. The van der Waals surface area contributed by atoms with Gasteiger partial charge in [-0.15, -0.1) is 0 Å². The second-order valence-electron chi connectivity index (χ2n) is 5.73. The predicted octanol–water partition coefficient (Wildman–Crippen LogP) is 2.54. The second-order valence-corrected chi connectivity index (χ2v) is 6.59. The molecule has 2 aliphatic rings. The molecule has 0 bridgehead atoms. The molecule has 1 aromatic heterocycles. The second kappa shape index (κ2) is 6.22. The predicted molar refractivity (Wildman–Crippen MR) is 86.6 cm³/mol. The van der Waals surface area contributed by atoms with Crippen LogP contribution in [0.15, 0.2) is 16.6 Å². The van der Waals surface area contributed by atoms with Gasteiger partial charge < -0.3 is 15.1 Å². The van der Waals surface area contributed by atoms with Crippen LogP contribution in [0.5, 0.6) is 0 Å². The molecule has 2 fully saturated rings. The molecular weight excluding hydrogens is 332 g/mol. The van der Waals surface area contributed by atoms with E-state index in [1.54, 1.807) is 0 Å². The number of carbonyl (C=O) groups is 1. The van der Waals surface area contributed by atoms with E-state index in [9.17, 15) is 4.79 Å². The number of nitrogens with one attached hydrogen (secondary N) is 1. The number of nitrogens with zero attached hydrogens (tertiary/aromatic N) is 3. The molecule has 0 aromatic carbocycles. The van der Waals surface area contributed by atoms with Crippen LogP contribution in [0.1, 0.15) is 25.0 Å². The Kier molecular flexibility index (Phi) is 4.33. The first-order chi connectivity index (χ1) is 10.1. The molecule has 0 saturated carbocycles. The number of aromatic nitrogens is 1. The number of urea groups is 1. The van der Waals surface area contributed by atoms with Gasteiger partial charge in [0.05, 0.1) is 5.69 Å². The highest BCUT2D eigenvalue weighted by Gasteiger charge is 2.29. The standard InChI is InChI=1S/C15H21BrN4O/c1-11-13(16)3-4-14(18-11)19-9-5-12(6-10-19)20-8-2-7-17-15(20)21/h3-4,12H,2,5-10H2,1H3,(H,17,21). The van der Waals surface area contributed by atoms with Crippen molar-refractivity contribution >= 4 is 27.8 Å². The first-order valence-corrected chi connectivity index (χ1v) is 8.37. The topological polar surface area (TPSA) is 48.5 Å². The van der Waals surface area contributed by atoms with Crippen molar-refractivity contribution in [3.63, 3.8) is 0 Å². The quantitative estimate of drug-likeness (QED) is 0.889. The van der Waals surface area contributed by atoms with Gasteiger partial charge in [-0.05, 0) is 54.2 Å². The van der Waals surface area contributed by atoms with Gasteiger partial charge in [0.2, 0.25) is 0 Å². The van der Waals surface area contributed by atoms with Crippen LogP contribution >= 0.6 is 15.9 Å². The van der Waals surface area contributed by atoms with E-state index < -0.39 is 0 Å². The summed E-state index contributed by atoms with van der Waals surface area (Å²) >= 11 is 3.49. The molecule has 0 radical (unpaired) electrons. The molecule has 0 atom stereocenters. The summed E-state index contributed by atoms with van der Waals surface area (Å²) in [6, 6.07) is 4.60. The molecule has 21 heavy (non-hydrogen) atoms. The monoisotopic (exact) mass is 352 g/mol. The van der Waals surface area contributed by atoms with Crippen LogP contribution in [0.3, 0.4) is 0 Å². The number of anilines is 1. The number of halogens is 1. The summed E-state index contributed by atoms with van der Waals surface area (Å²) in [4.78, 5) is 20.9. The summed E-state index contributed by atoms with van der Waals surface area (Å²) in [5.74, 6) is 1.04. The fraction of sp³-hybridized carbons (Fsp3) is 0.600. The number of amides is 2. The molecule has 5 nitrogen and oxygen atoms in total. The van der Waals surface area contributed by atoms with E-state index in [0.29, 0.717) is 6.04 Å². The van der Waals surface area contributed by atoms with Gasteiger partial charge in [-0.2, -0.15) is 0 Å². The highest BCUT2D eigenvalue weighted by Crippen LogP contribution is 2.24. The van der Waals surface area contributed by atoms with Gasteiger partial charge >= 0.3 is 6.03 Å². The molecule has 6 heteroatoms. The maximum absolute atomic E-state index is 11.9. The number of piperidine rings is 1. The van der Waals surface area contributed by atoms with Crippen molar-refractivity contribution < 1.29 is 4.79 Å². The van der Waals surface area contributed by atoms with E-state index in [1.807, 2.05) is 11.8 Å². The lowest BCUT2D eigenvalue weighted by molar-refractivity contribution is 0.149.